The summed E-state index contributed by atoms with van der Waals surface area (Å²) in [6, 6.07) is 2.46. The molecule has 5 nitrogen and oxygen atoms in total. The number of halogens is 4. The molecule has 0 bridgehead atoms. The van der Waals surface area contributed by atoms with Gasteiger partial charge < -0.3 is 16.0 Å². The molecule has 1 saturated heterocycles. The van der Waals surface area contributed by atoms with Gasteiger partial charge in [0, 0.05) is 13.1 Å². The second-order valence-electron chi connectivity index (χ2n) is 4.80. The Kier molecular flexibility index (Phi) is 4.92. The first-order valence-corrected chi connectivity index (χ1v) is 6.80. The zero-order chi connectivity index (χ0) is 16.3. The van der Waals surface area contributed by atoms with Gasteiger partial charge in [0.25, 0.3) is 5.91 Å². The van der Waals surface area contributed by atoms with Gasteiger partial charge in [0.2, 0.25) is 5.91 Å². The van der Waals surface area contributed by atoms with E-state index in [-0.39, 0.29) is 23.2 Å². The molecule has 1 aliphatic rings. The van der Waals surface area contributed by atoms with E-state index in [1.54, 1.807) is 0 Å². The lowest BCUT2D eigenvalue weighted by Gasteiger charge is -2.27. The summed E-state index contributed by atoms with van der Waals surface area (Å²) in [6.07, 6.45) is -4.58. The molecule has 1 aliphatic heterocycles. The van der Waals surface area contributed by atoms with Crippen LogP contribution in [0, 0.1) is 0 Å². The van der Waals surface area contributed by atoms with Gasteiger partial charge in [-0.05, 0) is 18.2 Å². The van der Waals surface area contributed by atoms with Gasteiger partial charge in [-0.25, -0.2) is 0 Å². The minimum absolute atomic E-state index is 0.0153. The summed E-state index contributed by atoms with van der Waals surface area (Å²) < 4.78 is 37.9. The first-order chi connectivity index (χ1) is 10.3. The van der Waals surface area contributed by atoms with Crippen molar-refractivity contribution in [3.63, 3.8) is 0 Å². The van der Waals surface area contributed by atoms with Crippen molar-refractivity contribution in [1.29, 1.82) is 0 Å². The molecule has 1 aromatic carbocycles. The number of nitrogens with one attached hydrogen (secondary N) is 3. The molecule has 0 radical (unpaired) electrons. The molecule has 0 aromatic heterocycles. The minimum atomic E-state index is -4.58. The Labute approximate surface area is 129 Å². The van der Waals surface area contributed by atoms with E-state index in [1.165, 1.54) is 0 Å². The molecule has 1 heterocycles. The Bertz CT molecular complexity index is 588. The van der Waals surface area contributed by atoms with E-state index < -0.39 is 23.6 Å². The van der Waals surface area contributed by atoms with Gasteiger partial charge in [-0.1, -0.05) is 11.6 Å². The SMILES string of the molecule is O=C(CNC(=O)c1cc(C(F)(F)F)ccc1Cl)NC1CNC1. The highest BCUT2D eigenvalue weighted by atomic mass is 35.5. The van der Waals surface area contributed by atoms with Crippen molar-refractivity contribution in [2.75, 3.05) is 19.6 Å². The third kappa shape index (κ3) is 4.11. The Morgan fingerprint density at radius 3 is 2.55 bits per heavy atom. The summed E-state index contributed by atoms with van der Waals surface area (Å²) >= 11 is 5.74. The summed E-state index contributed by atoms with van der Waals surface area (Å²) in [5, 5.41) is 7.74. The van der Waals surface area contributed by atoms with Crippen molar-refractivity contribution >= 4 is 23.4 Å². The maximum Gasteiger partial charge on any atom is 0.416 e. The second-order valence-corrected chi connectivity index (χ2v) is 5.20. The smallest absolute Gasteiger partial charge is 0.349 e. The van der Waals surface area contributed by atoms with Crippen LogP contribution in [0.2, 0.25) is 5.02 Å². The maximum atomic E-state index is 12.6. The van der Waals surface area contributed by atoms with E-state index in [0.717, 1.165) is 12.1 Å². The van der Waals surface area contributed by atoms with Crippen LogP contribution < -0.4 is 16.0 Å². The number of carbonyl (C=O) groups is 2. The van der Waals surface area contributed by atoms with Crippen molar-refractivity contribution in [3.8, 4) is 0 Å². The third-order valence-electron chi connectivity index (χ3n) is 3.09. The van der Waals surface area contributed by atoms with Crippen molar-refractivity contribution in [2.45, 2.75) is 12.2 Å². The first kappa shape index (κ1) is 16.6. The van der Waals surface area contributed by atoms with Gasteiger partial charge >= 0.3 is 6.18 Å². The zero-order valence-corrected chi connectivity index (χ0v) is 12.0. The van der Waals surface area contributed by atoms with Crippen molar-refractivity contribution in [1.82, 2.24) is 16.0 Å². The number of hydrogen-bond acceptors (Lipinski definition) is 3. The molecular formula is C13H13ClF3N3O2. The summed E-state index contributed by atoms with van der Waals surface area (Å²) in [5.41, 5.74) is -1.30. The number of carbonyl (C=O) groups excluding carboxylic acids is 2. The topological polar surface area (TPSA) is 70.2 Å². The quantitative estimate of drug-likeness (QED) is 0.774. The van der Waals surface area contributed by atoms with Crippen LogP contribution in [0.25, 0.3) is 0 Å². The van der Waals surface area contributed by atoms with Gasteiger partial charge in [0.15, 0.2) is 0 Å². The van der Waals surface area contributed by atoms with Gasteiger partial charge in [0.05, 0.1) is 28.7 Å². The molecule has 2 amide bonds. The molecule has 0 spiro atoms. The molecule has 9 heteroatoms. The molecule has 0 atom stereocenters. The van der Waals surface area contributed by atoms with Crippen LogP contribution in [0.5, 0.6) is 0 Å². The van der Waals surface area contributed by atoms with Crippen molar-refractivity contribution in [2.24, 2.45) is 0 Å². The molecular weight excluding hydrogens is 323 g/mol. The van der Waals surface area contributed by atoms with Crippen LogP contribution in [0.3, 0.4) is 0 Å². The Morgan fingerprint density at radius 2 is 2.00 bits per heavy atom. The Balaban J connectivity index is 1.98. The molecule has 0 aliphatic carbocycles. The van der Waals surface area contributed by atoms with E-state index in [4.69, 9.17) is 11.6 Å². The van der Waals surface area contributed by atoms with Crippen molar-refractivity contribution in [3.05, 3.63) is 34.3 Å². The van der Waals surface area contributed by atoms with Gasteiger partial charge in [-0.3, -0.25) is 9.59 Å². The van der Waals surface area contributed by atoms with Gasteiger partial charge in [-0.15, -0.1) is 0 Å². The monoisotopic (exact) mass is 335 g/mol. The zero-order valence-electron chi connectivity index (χ0n) is 11.3. The molecule has 2 rings (SSSR count). The van der Waals surface area contributed by atoms with Crippen LogP contribution in [0.4, 0.5) is 13.2 Å². The van der Waals surface area contributed by atoms with E-state index in [0.29, 0.717) is 19.2 Å². The fraction of sp³-hybridized carbons (Fsp3) is 0.385. The van der Waals surface area contributed by atoms with Crippen LogP contribution in [-0.2, 0) is 11.0 Å². The Morgan fingerprint density at radius 1 is 1.32 bits per heavy atom. The lowest BCUT2D eigenvalue weighted by Crippen LogP contribution is -2.58. The molecule has 0 unspecified atom stereocenters. The molecule has 22 heavy (non-hydrogen) atoms. The normalized spacial score (nSPS) is 15.1. The highest BCUT2D eigenvalue weighted by Crippen LogP contribution is 2.31. The molecule has 0 saturated carbocycles. The number of hydrogen-bond donors (Lipinski definition) is 3. The molecule has 120 valence electrons. The van der Waals surface area contributed by atoms with Gasteiger partial charge in [-0.2, -0.15) is 13.2 Å². The number of benzene rings is 1. The predicted octanol–water partition coefficient (Wildman–Crippen LogP) is 1.18. The minimum Gasteiger partial charge on any atom is -0.349 e. The Hall–Kier alpha value is -1.80. The molecule has 1 fully saturated rings. The number of amides is 2. The summed E-state index contributed by atoms with van der Waals surface area (Å²) in [4.78, 5) is 23.4. The van der Waals surface area contributed by atoms with Crippen LogP contribution in [0.1, 0.15) is 15.9 Å². The fourth-order valence-corrected chi connectivity index (χ4v) is 2.00. The second kappa shape index (κ2) is 6.53. The van der Waals surface area contributed by atoms with Crippen LogP contribution in [-0.4, -0.2) is 37.5 Å². The van der Waals surface area contributed by atoms with E-state index in [2.05, 4.69) is 16.0 Å². The van der Waals surface area contributed by atoms with E-state index in [1.807, 2.05) is 0 Å². The first-order valence-electron chi connectivity index (χ1n) is 6.42. The number of rotatable bonds is 4. The highest BCUT2D eigenvalue weighted by molar-refractivity contribution is 6.33. The lowest BCUT2D eigenvalue weighted by atomic mass is 10.1. The standard InChI is InChI=1S/C13H13ClF3N3O2/c14-10-2-1-7(13(15,16)17)3-9(10)12(22)19-6-11(21)20-8-4-18-5-8/h1-3,8,18H,4-6H2,(H,19,22)(H,20,21). The average Bonchev–Trinajstić information content (AvgIpc) is 2.39. The van der Waals surface area contributed by atoms with Crippen molar-refractivity contribution < 1.29 is 22.8 Å². The van der Waals surface area contributed by atoms with Crippen LogP contribution >= 0.6 is 11.6 Å². The summed E-state index contributed by atoms with van der Waals surface area (Å²) in [7, 11) is 0. The van der Waals surface area contributed by atoms with Crippen LogP contribution in [0.15, 0.2) is 18.2 Å². The third-order valence-corrected chi connectivity index (χ3v) is 3.42. The average molecular weight is 336 g/mol. The van der Waals surface area contributed by atoms with E-state index >= 15 is 0 Å². The summed E-state index contributed by atoms with van der Waals surface area (Å²) in [5.74, 6) is -1.25. The van der Waals surface area contributed by atoms with Gasteiger partial charge in [0.1, 0.15) is 0 Å². The lowest BCUT2D eigenvalue weighted by molar-refractivity contribution is -0.137. The maximum absolute atomic E-state index is 12.6. The fourth-order valence-electron chi connectivity index (χ4n) is 1.80. The highest BCUT2D eigenvalue weighted by Gasteiger charge is 2.31. The van der Waals surface area contributed by atoms with E-state index in [9.17, 15) is 22.8 Å². The number of alkyl halides is 3. The summed E-state index contributed by atoms with van der Waals surface area (Å²) in [6.45, 7) is 0.972. The molecule has 3 N–H and O–H groups in total. The largest absolute Gasteiger partial charge is 0.416 e. The molecule has 1 aromatic rings. The predicted molar refractivity (Wildman–Crippen MR) is 73.6 cm³/mol.